The van der Waals surface area contributed by atoms with E-state index in [4.69, 9.17) is 4.74 Å². The van der Waals surface area contributed by atoms with E-state index in [1.807, 2.05) is 24.3 Å². The maximum Gasteiger partial charge on any atom is 0.255 e. The number of benzene rings is 1. The molecule has 6 nitrogen and oxygen atoms in total. The highest BCUT2D eigenvalue weighted by Crippen LogP contribution is 2.20. The van der Waals surface area contributed by atoms with Gasteiger partial charge in [-0.3, -0.25) is 9.78 Å². The molecule has 0 saturated carbocycles. The van der Waals surface area contributed by atoms with Gasteiger partial charge in [-0.1, -0.05) is 6.07 Å². The van der Waals surface area contributed by atoms with Gasteiger partial charge in [0.05, 0.1) is 11.9 Å². The van der Waals surface area contributed by atoms with Crippen LogP contribution in [-0.4, -0.2) is 29.0 Å². The monoisotopic (exact) mass is 374 g/mol. The van der Waals surface area contributed by atoms with Gasteiger partial charge in [0.1, 0.15) is 18.2 Å². The van der Waals surface area contributed by atoms with Gasteiger partial charge in [0.25, 0.3) is 5.91 Å². The third-order valence-corrected chi connectivity index (χ3v) is 4.68. The van der Waals surface area contributed by atoms with Crippen LogP contribution in [0.4, 0.5) is 11.5 Å². The van der Waals surface area contributed by atoms with Crippen molar-refractivity contribution in [3.8, 4) is 5.75 Å². The van der Waals surface area contributed by atoms with Crippen molar-refractivity contribution in [3.63, 3.8) is 0 Å². The SMILES string of the molecule is O=C(Nc1ccc(N2CCCC2)nc1)c1ccc(OCc2cccnc2)cc1. The molecule has 0 unspecified atom stereocenters. The topological polar surface area (TPSA) is 67.4 Å². The van der Waals surface area contributed by atoms with E-state index in [0.29, 0.717) is 23.6 Å². The van der Waals surface area contributed by atoms with E-state index in [-0.39, 0.29) is 5.91 Å². The first-order valence-corrected chi connectivity index (χ1v) is 9.42. The highest BCUT2D eigenvalue weighted by Gasteiger charge is 2.13. The molecule has 1 aliphatic heterocycles. The lowest BCUT2D eigenvalue weighted by atomic mass is 10.2. The van der Waals surface area contributed by atoms with Crippen LogP contribution in [0.1, 0.15) is 28.8 Å². The molecule has 1 aromatic carbocycles. The molecule has 4 rings (SSSR count). The van der Waals surface area contributed by atoms with Gasteiger partial charge in [-0.25, -0.2) is 4.98 Å². The number of hydrogen-bond donors (Lipinski definition) is 1. The number of carbonyl (C=O) groups excluding carboxylic acids is 1. The number of aromatic nitrogens is 2. The molecule has 1 fully saturated rings. The molecule has 1 N–H and O–H groups in total. The highest BCUT2D eigenvalue weighted by atomic mass is 16.5. The molecular weight excluding hydrogens is 352 g/mol. The molecule has 3 aromatic rings. The Balaban J connectivity index is 1.33. The van der Waals surface area contributed by atoms with Crippen molar-refractivity contribution >= 4 is 17.4 Å². The fourth-order valence-corrected chi connectivity index (χ4v) is 3.15. The van der Waals surface area contributed by atoms with Gasteiger partial charge >= 0.3 is 0 Å². The first kappa shape index (κ1) is 18.0. The molecule has 142 valence electrons. The van der Waals surface area contributed by atoms with E-state index < -0.39 is 0 Å². The molecule has 1 aliphatic rings. The van der Waals surface area contributed by atoms with Crippen LogP contribution in [0.5, 0.6) is 5.75 Å². The van der Waals surface area contributed by atoms with Crippen molar-refractivity contribution in [1.82, 2.24) is 9.97 Å². The number of anilines is 2. The summed E-state index contributed by atoms with van der Waals surface area (Å²) < 4.78 is 5.72. The van der Waals surface area contributed by atoms with Crippen LogP contribution >= 0.6 is 0 Å². The van der Waals surface area contributed by atoms with Crippen molar-refractivity contribution in [1.29, 1.82) is 0 Å². The predicted octanol–water partition coefficient (Wildman–Crippen LogP) is 3.91. The Morgan fingerprint density at radius 3 is 2.54 bits per heavy atom. The fraction of sp³-hybridized carbons (Fsp3) is 0.227. The quantitative estimate of drug-likeness (QED) is 0.709. The van der Waals surface area contributed by atoms with Crippen LogP contribution in [0, 0.1) is 0 Å². The van der Waals surface area contributed by atoms with Crippen LogP contribution < -0.4 is 15.0 Å². The van der Waals surface area contributed by atoms with Crippen LogP contribution in [-0.2, 0) is 6.61 Å². The Hall–Kier alpha value is -3.41. The lowest BCUT2D eigenvalue weighted by Crippen LogP contribution is -2.19. The maximum atomic E-state index is 12.4. The lowest BCUT2D eigenvalue weighted by Gasteiger charge is -2.16. The first-order valence-electron chi connectivity index (χ1n) is 9.42. The lowest BCUT2D eigenvalue weighted by molar-refractivity contribution is 0.102. The number of ether oxygens (including phenoxy) is 1. The third-order valence-electron chi connectivity index (χ3n) is 4.68. The minimum atomic E-state index is -0.172. The molecule has 0 spiro atoms. The van der Waals surface area contributed by atoms with Crippen LogP contribution in [0.3, 0.4) is 0 Å². The van der Waals surface area contributed by atoms with Crippen molar-refractivity contribution in [2.45, 2.75) is 19.4 Å². The minimum Gasteiger partial charge on any atom is -0.489 e. The molecule has 0 bridgehead atoms. The number of amides is 1. The van der Waals surface area contributed by atoms with E-state index in [1.165, 1.54) is 12.8 Å². The number of nitrogens with one attached hydrogen (secondary N) is 1. The van der Waals surface area contributed by atoms with Gasteiger partial charge in [-0.05, 0) is 55.3 Å². The maximum absolute atomic E-state index is 12.4. The summed E-state index contributed by atoms with van der Waals surface area (Å²) in [6, 6.07) is 14.8. The summed E-state index contributed by atoms with van der Waals surface area (Å²) in [5, 5.41) is 2.88. The Labute approximate surface area is 164 Å². The van der Waals surface area contributed by atoms with Gasteiger partial charge in [0.15, 0.2) is 0 Å². The van der Waals surface area contributed by atoms with Gasteiger partial charge in [-0.15, -0.1) is 0 Å². The van der Waals surface area contributed by atoms with Crippen molar-refractivity contribution in [3.05, 3.63) is 78.2 Å². The molecule has 6 heteroatoms. The molecular formula is C22H22N4O2. The first-order chi connectivity index (χ1) is 13.8. The van der Waals surface area contributed by atoms with Crippen molar-refractivity contribution in [2.24, 2.45) is 0 Å². The minimum absolute atomic E-state index is 0.172. The molecule has 1 saturated heterocycles. The standard InChI is InChI=1S/C22H22N4O2/c27-22(25-19-7-10-21(24-15-19)26-12-1-2-13-26)18-5-8-20(9-6-18)28-16-17-4-3-11-23-14-17/h3-11,14-15H,1-2,12-13,16H2,(H,25,27). The summed E-state index contributed by atoms with van der Waals surface area (Å²) in [5.41, 5.74) is 2.25. The van der Waals surface area contributed by atoms with Gasteiger partial charge < -0.3 is 15.0 Å². The van der Waals surface area contributed by atoms with Gasteiger partial charge in [0.2, 0.25) is 0 Å². The zero-order valence-corrected chi connectivity index (χ0v) is 15.5. The number of carbonyl (C=O) groups is 1. The summed E-state index contributed by atoms with van der Waals surface area (Å²) >= 11 is 0. The average molecular weight is 374 g/mol. The summed E-state index contributed by atoms with van der Waals surface area (Å²) in [4.78, 5) is 23.2. The third kappa shape index (κ3) is 4.46. The zero-order valence-electron chi connectivity index (χ0n) is 15.5. The van der Waals surface area contributed by atoms with E-state index >= 15 is 0 Å². The Kier molecular flexibility index (Phi) is 5.47. The highest BCUT2D eigenvalue weighted by molar-refractivity contribution is 6.04. The molecule has 0 atom stereocenters. The van der Waals surface area contributed by atoms with Crippen LogP contribution in [0.25, 0.3) is 0 Å². The van der Waals surface area contributed by atoms with E-state index in [2.05, 4.69) is 20.2 Å². The normalized spacial score (nSPS) is 13.4. The second-order valence-electron chi connectivity index (χ2n) is 6.73. The van der Waals surface area contributed by atoms with E-state index in [1.54, 1.807) is 42.9 Å². The molecule has 0 aliphatic carbocycles. The number of hydrogen-bond acceptors (Lipinski definition) is 5. The molecule has 0 radical (unpaired) electrons. The Bertz CT molecular complexity index is 906. The Morgan fingerprint density at radius 1 is 1.04 bits per heavy atom. The molecule has 3 heterocycles. The van der Waals surface area contributed by atoms with E-state index in [0.717, 1.165) is 24.5 Å². The molecule has 28 heavy (non-hydrogen) atoms. The fourth-order valence-electron chi connectivity index (χ4n) is 3.15. The summed E-state index contributed by atoms with van der Waals surface area (Å²) in [5.74, 6) is 1.50. The van der Waals surface area contributed by atoms with Crippen LogP contribution in [0.15, 0.2) is 67.1 Å². The predicted molar refractivity (Wildman–Crippen MR) is 109 cm³/mol. The van der Waals surface area contributed by atoms with Gasteiger partial charge in [-0.2, -0.15) is 0 Å². The number of rotatable bonds is 6. The second-order valence-corrected chi connectivity index (χ2v) is 6.73. The number of nitrogens with zero attached hydrogens (tertiary/aromatic N) is 3. The summed E-state index contributed by atoms with van der Waals surface area (Å²) in [6.45, 7) is 2.54. The summed E-state index contributed by atoms with van der Waals surface area (Å²) in [6.07, 6.45) is 7.62. The number of pyridine rings is 2. The van der Waals surface area contributed by atoms with Crippen molar-refractivity contribution < 1.29 is 9.53 Å². The molecule has 1 amide bonds. The average Bonchev–Trinajstić information content (AvgIpc) is 3.29. The van der Waals surface area contributed by atoms with Crippen molar-refractivity contribution in [2.75, 3.05) is 23.3 Å². The van der Waals surface area contributed by atoms with Gasteiger partial charge in [0, 0.05) is 36.6 Å². The second kappa shape index (κ2) is 8.52. The molecule has 2 aromatic heterocycles. The smallest absolute Gasteiger partial charge is 0.255 e. The van der Waals surface area contributed by atoms with Crippen LogP contribution in [0.2, 0.25) is 0 Å². The summed E-state index contributed by atoms with van der Waals surface area (Å²) in [7, 11) is 0. The largest absolute Gasteiger partial charge is 0.489 e. The van der Waals surface area contributed by atoms with E-state index in [9.17, 15) is 4.79 Å². The zero-order chi connectivity index (χ0) is 19.2. The Morgan fingerprint density at radius 2 is 1.86 bits per heavy atom.